The lowest BCUT2D eigenvalue weighted by atomic mass is 9.97. The second-order valence-corrected chi connectivity index (χ2v) is 10.5. The molecule has 1 aliphatic heterocycles. The molecule has 1 aliphatic carbocycles. The summed E-state index contributed by atoms with van der Waals surface area (Å²) in [6, 6.07) is 0. The Kier molecular flexibility index (Phi) is 7.19. The average Bonchev–Trinajstić information content (AvgIpc) is 3.39. The number of hydrogen-bond donors (Lipinski definition) is 0. The zero-order valence-corrected chi connectivity index (χ0v) is 20.1. The number of ether oxygens (including phenoxy) is 1. The molecule has 2 aromatic rings. The molecule has 31 heavy (non-hydrogen) atoms. The van der Waals surface area contributed by atoms with Crippen LogP contribution in [0.15, 0.2) is 22.1 Å². The summed E-state index contributed by atoms with van der Waals surface area (Å²) in [7, 11) is 0. The van der Waals surface area contributed by atoms with Gasteiger partial charge in [0.25, 0.3) is 5.56 Å². The minimum atomic E-state index is 0.0316. The van der Waals surface area contributed by atoms with Crippen LogP contribution in [0.4, 0.5) is 0 Å². The van der Waals surface area contributed by atoms with Gasteiger partial charge in [-0.1, -0.05) is 23.9 Å². The molecule has 0 aromatic carbocycles. The molecular formula is C23H31N3O3S2. The highest BCUT2D eigenvalue weighted by Crippen LogP contribution is 2.35. The van der Waals surface area contributed by atoms with Gasteiger partial charge in [0.1, 0.15) is 4.83 Å². The van der Waals surface area contributed by atoms with Crippen LogP contribution < -0.4 is 5.56 Å². The SMILES string of the molecule is C=C(C)CN(CC)C(=O)CSc1nc2sc3c(c2c(=O)n1C[C@H]1CCCO1)CCCC3. The quantitative estimate of drug-likeness (QED) is 0.337. The van der Waals surface area contributed by atoms with Crippen LogP contribution in [-0.2, 0) is 28.9 Å². The number of likely N-dealkylation sites (N-methyl/N-ethyl adjacent to an activating group) is 1. The normalized spacial score (nSPS) is 18.3. The van der Waals surface area contributed by atoms with Crippen molar-refractivity contribution in [1.82, 2.24) is 14.5 Å². The molecule has 4 rings (SSSR count). The van der Waals surface area contributed by atoms with E-state index in [0.29, 0.717) is 24.8 Å². The van der Waals surface area contributed by atoms with E-state index in [-0.39, 0.29) is 23.3 Å². The molecule has 0 unspecified atom stereocenters. The summed E-state index contributed by atoms with van der Waals surface area (Å²) < 4.78 is 7.59. The van der Waals surface area contributed by atoms with E-state index in [1.807, 2.05) is 13.8 Å². The van der Waals surface area contributed by atoms with Gasteiger partial charge in [-0.25, -0.2) is 4.98 Å². The first-order valence-corrected chi connectivity index (χ1v) is 13.0. The number of hydrogen-bond acceptors (Lipinski definition) is 6. The van der Waals surface area contributed by atoms with Crippen LogP contribution >= 0.6 is 23.1 Å². The van der Waals surface area contributed by atoms with Crippen LogP contribution in [0.1, 0.15) is 50.0 Å². The van der Waals surface area contributed by atoms with Crippen molar-refractivity contribution in [2.45, 2.75) is 70.2 Å². The Morgan fingerprint density at radius 3 is 2.87 bits per heavy atom. The van der Waals surface area contributed by atoms with Crippen LogP contribution in [-0.4, -0.2) is 51.9 Å². The second-order valence-electron chi connectivity index (χ2n) is 8.49. The minimum absolute atomic E-state index is 0.0316. The maximum absolute atomic E-state index is 13.6. The van der Waals surface area contributed by atoms with Gasteiger partial charge in [-0.15, -0.1) is 11.3 Å². The Labute approximate surface area is 191 Å². The highest BCUT2D eigenvalue weighted by molar-refractivity contribution is 7.99. The average molecular weight is 462 g/mol. The molecule has 2 aromatic heterocycles. The third-order valence-corrected chi connectivity index (χ3v) is 8.12. The van der Waals surface area contributed by atoms with Crippen molar-refractivity contribution >= 4 is 39.2 Å². The molecule has 0 N–H and O–H groups in total. The molecule has 0 spiro atoms. The number of amides is 1. The van der Waals surface area contributed by atoms with Crippen molar-refractivity contribution in [2.24, 2.45) is 0 Å². The number of rotatable bonds is 8. The zero-order valence-electron chi connectivity index (χ0n) is 18.4. The van der Waals surface area contributed by atoms with E-state index in [9.17, 15) is 9.59 Å². The zero-order chi connectivity index (χ0) is 22.0. The van der Waals surface area contributed by atoms with E-state index in [1.165, 1.54) is 28.6 Å². The first kappa shape index (κ1) is 22.6. The van der Waals surface area contributed by atoms with Crippen molar-refractivity contribution in [3.05, 3.63) is 32.9 Å². The van der Waals surface area contributed by atoms with Gasteiger partial charge in [-0.05, 0) is 57.9 Å². The minimum Gasteiger partial charge on any atom is -0.376 e. The molecule has 6 nitrogen and oxygen atoms in total. The molecule has 1 amide bonds. The van der Waals surface area contributed by atoms with Gasteiger partial charge in [0, 0.05) is 24.6 Å². The second kappa shape index (κ2) is 9.88. The molecular weight excluding hydrogens is 430 g/mol. The Morgan fingerprint density at radius 2 is 2.16 bits per heavy atom. The van der Waals surface area contributed by atoms with Gasteiger partial charge >= 0.3 is 0 Å². The number of nitrogens with zero attached hydrogens (tertiary/aromatic N) is 3. The number of carbonyl (C=O) groups excluding carboxylic acids is 1. The fraction of sp³-hybridized carbons (Fsp3) is 0.609. The summed E-state index contributed by atoms with van der Waals surface area (Å²) in [5.74, 6) is 0.300. The maximum Gasteiger partial charge on any atom is 0.263 e. The Morgan fingerprint density at radius 1 is 1.35 bits per heavy atom. The van der Waals surface area contributed by atoms with Crippen LogP contribution in [0.5, 0.6) is 0 Å². The van der Waals surface area contributed by atoms with Crippen LogP contribution in [0.25, 0.3) is 10.2 Å². The third kappa shape index (κ3) is 4.91. The molecule has 0 radical (unpaired) electrons. The number of thiophene rings is 1. The highest BCUT2D eigenvalue weighted by Gasteiger charge is 2.25. The first-order valence-electron chi connectivity index (χ1n) is 11.2. The van der Waals surface area contributed by atoms with Crippen molar-refractivity contribution in [3.63, 3.8) is 0 Å². The van der Waals surface area contributed by atoms with Crippen molar-refractivity contribution in [2.75, 3.05) is 25.4 Å². The van der Waals surface area contributed by atoms with E-state index in [4.69, 9.17) is 9.72 Å². The maximum atomic E-state index is 13.6. The van der Waals surface area contributed by atoms with Crippen molar-refractivity contribution < 1.29 is 9.53 Å². The summed E-state index contributed by atoms with van der Waals surface area (Å²) in [6.45, 7) is 10.3. The van der Waals surface area contributed by atoms with Gasteiger partial charge < -0.3 is 9.64 Å². The van der Waals surface area contributed by atoms with E-state index in [0.717, 1.165) is 54.5 Å². The first-order chi connectivity index (χ1) is 15.0. The number of thioether (sulfide) groups is 1. The van der Waals surface area contributed by atoms with Crippen molar-refractivity contribution in [1.29, 1.82) is 0 Å². The predicted octanol–water partition coefficient (Wildman–Crippen LogP) is 4.03. The molecule has 2 aliphatic rings. The lowest BCUT2D eigenvalue weighted by Gasteiger charge is -2.21. The van der Waals surface area contributed by atoms with Gasteiger partial charge in [0.2, 0.25) is 5.91 Å². The van der Waals surface area contributed by atoms with E-state index < -0.39 is 0 Å². The smallest absolute Gasteiger partial charge is 0.263 e. The highest BCUT2D eigenvalue weighted by atomic mass is 32.2. The van der Waals surface area contributed by atoms with E-state index in [1.54, 1.807) is 20.8 Å². The Balaban J connectivity index is 1.66. The van der Waals surface area contributed by atoms with Crippen LogP contribution in [0, 0.1) is 0 Å². The molecule has 3 heterocycles. The summed E-state index contributed by atoms with van der Waals surface area (Å²) in [5.41, 5.74) is 2.19. The molecule has 1 saturated heterocycles. The predicted molar refractivity (Wildman–Crippen MR) is 127 cm³/mol. The Bertz CT molecular complexity index is 1040. The number of aromatic nitrogens is 2. The topological polar surface area (TPSA) is 64.4 Å². The van der Waals surface area contributed by atoms with Gasteiger partial charge in [-0.2, -0.15) is 0 Å². The van der Waals surface area contributed by atoms with Gasteiger partial charge in [0.15, 0.2) is 5.16 Å². The van der Waals surface area contributed by atoms with Crippen LogP contribution in [0.2, 0.25) is 0 Å². The van der Waals surface area contributed by atoms with Crippen molar-refractivity contribution in [3.8, 4) is 0 Å². The summed E-state index contributed by atoms with van der Waals surface area (Å²) in [5, 5.41) is 1.43. The summed E-state index contributed by atoms with van der Waals surface area (Å²) in [4.78, 5) is 35.2. The molecule has 1 atom stereocenters. The van der Waals surface area contributed by atoms with E-state index >= 15 is 0 Å². The third-order valence-electron chi connectivity index (χ3n) is 5.97. The summed E-state index contributed by atoms with van der Waals surface area (Å²) >= 11 is 3.02. The van der Waals surface area contributed by atoms with Gasteiger partial charge in [0.05, 0.1) is 23.8 Å². The Hall–Kier alpha value is -1.64. The number of fused-ring (bicyclic) bond motifs is 3. The van der Waals surface area contributed by atoms with Gasteiger partial charge in [-0.3, -0.25) is 14.2 Å². The fourth-order valence-electron chi connectivity index (χ4n) is 4.40. The lowest BCUT2D eigenvalue weighted by molar-refractivity contribution is -0.127. The largest absolute Gasteiger partial charge is 0.376 e. The number of carbonyl (C=O) groups is 1. The van der Waals surface area contributed by atoms with Crippen LogP contribution in [0.3, 0.4) is 0 Å². The standard InChI is InChI=1S/C23H31N3O3S2/c1-4-25(12-15(2)3)19(27)14-30-23-24-21-20(17-9-5-6-10-18(17)31-21)22(28)26(23)13-16-8-7-11-29-16/h16H,2,4-14H2,1,3H3/t16-/m1/s1. The fourth-order valence-corrected chi connectivity index (χ4v) is 6.62. The molecule has 0 bridgehead atoms. The lowest BCUT2D eigenvalue weighted by Crippen LogP contribution is -2.34. The monoisotopic (exact) mass is 461 g/mol. The molecule has 168 valence electrons. The molecule has 8 heteroatoms. The summed E-state index contributed by atoms with van der Waals surface area (Å²) in [6.07, 6.45) is 6.32. The van der Waals surface area contributed by atoms with E-state index in [2.05, 4.69) is 6.58 Å². The molecule has 0 saturated carbocycles. The number of aryl methyl sites for hydroxylation is 2. The molecule has 1 fully saturated rings.